The lowest BCUT2D eigenvalue weighted by atomic mass is 9.98. The van der Waals surface area contributed by atoms with Crippen LogP contribution in [0, 0.1) is 11.6 Å². The zero-order chi connectivity index (χ0) is 21.4. The lowest BCUT2D eigenvalue weighted by molar-refractivity contribution is 0.0964. The number of carbonyl (C=O) groups is 1. The van der Waals surface area contributed by atoms with Crippen molar-refractivity contribution in [2.24, 2.45) is 0 Å². The molecule has 0 fully saturated rings. The predicted octanol–water partition coefficient (Wildman–Crippen LogP) is 5.47. The molecule has 0 saturated heterocycles. The van der Waals surface area contributed by atoms with Gasteiger partial charge >= 0.3 is 0 Å². The third-order valence-electron chi connectivity index (χ3n) is 5.01. The number of hydrogen-bond acceptors (Lipinski definition) is 3. The molecule has 0 saturated carbocycles. The first-order chi connectivity index (χ1) is 14.4. The fourth-order valence-electron chi connectivity index (χ4n) is 3.55. The van der Waals surface area contributed by atoms with Gasteiger partial charge in [-0.05, 0) is 36.4 Å². The van der Waals surface area contributed by atoms with Gasteiger partial charge in [0.05, 0.1) is 5.56 Å². The third-order valence-corrected chi connectivity index (χ3v) is 5.01. The number of amides is 1. The second kappa shape index (κ2) is 7.63. The maximum absolute atomic E-state index is 14.6. The maximum atomic E-state index is 14.6. The molecule has 152 valence electrons. The molecule has 1 N–H and O–H groups in total. The Bertz CT molecular complexity index is 1240. The molecule has 0 bridgehead atoms. The van der Waals surface area contributed by atoms with Crippen molar-refractivity contribution in [1.29, 1.82) is 0 Å². The number of nitrogens with one attached hydrogen (secondary N) is 1. The van der Waals surface area contributed by atoms with Crippen LogP contribution in [-0.4, -0.2) is 27.1 Å². The standard InChI is InChI=1S/C24H20F2N2O2/c1-27-24(29)22-18-12-17(16-6-4-5-7-19(16)26)20(28(2)3)13-21(18)30-23(22)14-8-10-15(25)11-9-14/h4-13H,1-3H3,(H,27,29). The van der Waals surface area contributed by atoms with Crippen LogP contribution in [0.25, 0.3) is 33.4 Å². The van der Waals surface area contributed by atoms with E-state index in [0.717, 1.165) is 5.69 Å². The summed E-state index contributed by atoms with van der Waals surface area (Å²) >= 11 is 0. The molecule has 0 aliphatic heterocycles. The fraction of sp³-hybridized carbons (Fsp3) is 0.125. The number of benzene rings is 3. The van der Waals surface area contributed by atoms with Crippen molar-refractivity contribution in [3.05, 3.63) is 77.9 Å². The number of furan rings is 1. The molecule has 30 heavy (non-hydrogen) atoms. The number of carbonyl (C=O) groups excluding carboxylic acids is 1. The van der Waals surface area contributed by atoms with E-state index in [0.29, 0.717) is 39.0 Å². The molecule has 1 aromatic heterocycles. The quantitative estimate of drug-likeness (QED) is 0.489. The summed E-state index contributed by atoms with van der Waals surface area (Å²) in [7, 11) is 5.24. The second-order valence-corrected chi connectivity index (χ2v) is 7.13. The number of anilines is 1. The van der Waals surface area contributed by atoms with Gasteiger partial charge in [-0.1, -0.05) is 18.2 Å². The molecule has 4 nitrogen and oxygen atoms in total. The Labute approximate surface area is 172 Å². The van der Waals surface area contributed by atoms with Crippen LogP contribution in [0.1, 0.15) is 10.4 Å². The molecule has 0 unspecified atom stereocenters. The van der Waals surface area contributed by atoms with Gasteiger partial charge in [0, 0.05) is 55.0 Å². The van der Waals surface area contributed by atoms with Gasteiger partial charge in [-0.15, -0.1) is 0 Å². The topological polar surface area (TPSA) is 45.5 Å². The highest BCUT2D eigenvalue weighted by atomic mass is 19.1. The van der Waals surface area contributed by atoms with E-state index in [2.05, 4.69) is 5.32 Å². The molecule has 4 rings (SSSR count). The van der Waals surface area contributed by atoms with Crippen molar-refractivity contribution in [2.75, 3.05) is 26.0 Å². The molecular weight excluding hydrogens is 386 g/mol. The van der Waals surface area contributed by atoms with E-state index in [4.69, 9.17) is 4.42 Å². The van der Waals surface area contributed by atoms with Crippen LogP contribution in [0.2, 0.25) is 0 Å². The first kappa shape index (κ1) is 19.6. The molecule has 0 radical (unpaired) electrons. The summed E-state index contributed by atoms with van der Waals surface area (Å²) in [6.07, 6.45) is 0. The Kier molecular flexibility index (Phi) is 4.99. The van der Waals surface area contributed by atoms with Crippen molar-refractivity contribution in [2.45, 2.75) is 0 Å². The molecule has 0 aliphatic rings. The Morgan fingerprint density at radius 2 is 1.67 bits per heavy atom. The largest absolute Gasteiger partial charge is 0.455 e. The predicted molar refractivity (Wildman–Crippen MR) is 115 cm³/mol. The van der Waals surface area contributed by atoms with Gasteiger partial charge in [-0.25, -0.2) is 8.78 Å². The average Bonchev–Trinajstić information content (AvgIpc) is 3.11. The van der Waals surface area contributed by atoms with Gasteiger partial charge in [-0.2, -0.15) is 0 Å². The van der Waals surface area contributed by atoms with Crippen LogP contribution in [-0.2, 0) is 0 Å². The molecule has 0 aliphatic carbocycles. The first-order valence-corrected chi connectivity index (χ1v) is 9.41. The summed E-state index contributed by atoms with van der Waals surface area (Å²) in [6, 6.07) is 15.8. The Morgan fingerprint density at radius 3 is 2.30 bits per heavy atom. The minimum Gasteiger partial charge on any atom is -0.455 e. The van der Waals surface area contributed by atoms with Crippen molar-refractivity contribution < 1.29 is 18.0 Å². The highest BCUT2D eigenvalue weighted by molar-refractivity contribution is 6.12. The molecule has 0 spiro atoms. The van der Waals surface area contributed by atoms with Gasteiger partial charge in [-0.3, -0.25) is 4.79 Å². The normalized spacial score (nSPS) is 11.0. The van der Waals surface area contributed by atoms with Gasteiger partial charge in [0.15, 0.2) is 0 Å². The summed E-state index contributed by atoms with van der Waals surface area (Å²) in [5.41, 5.74) is 3.19. The van der Waals surface area contributed by atoms with E-state index in [9.17, 15) is 13.6 Å². The summed E-state index contributed by atoms with van der Waals surface area (Å²) in [5.74, 6) is -0.748. The van der Waals surface area contributed by atoms with Crippen molar-refractivity contribution in [3.8, 4) is 22.5 Å². The number of nitrogens with zero attached hydrogens (tertiary/aromatic N) is 1. The van der Waals surface area contributed by atoms with Crippen LogP contribution in [0.5, 0.6) is 0 Å². The number of fused-ring (bicyclic) bond motifs is 1. The molecule has 3 aromatic carbocycles. The van der Waals surface area contributed by atoms with E-state index in [1.54, 1.807) is 42.5 Å². The maximum Gasteiger partial charge on any atom is 0.255 e. The molecule has 1 amide bonds. The van der Waals surface area contributed by atoms with E-state index in [-0.39, 0.29) is 17.5 Å². The zero-order valence-corrected chi connectivity index (χ0v) is 16.8. The molecule has 4 aromatic rings. The Morgan fingerprint density at radius 1 is 0.967 bits per heavy atom. The van der Waals surface area contributed by atoms with Gasteiger partial charge in [0.2, 0.25) is 0 Å². The lowest BCUT2D eigenvalue weighted by Gasteiger charge is -2.18. The zero-order valence-electron chi connectivity index (χ0n) is 16.8. The second-order valence-electron chi connectivity index (χ2n) is 7.13. The molecule has 0 atom stereocenters. The van der Waals surface area contributed by atoms with E-state index >= 15 is 0 Å². The summed E-state index contributed by atoms with van der Waals surface area (Å²) in [6.45, 7) is 0. The lowest BCUT2D eigenvalue weighted by Crippen LogP contribution is -2.18. The summed E-state index contributed by atoms with van der Waals surface area (Å²) in [5, 5.41) is 3.18. The van der Waals surface area contributed by atoms with Crippen LogP contribution >= 0.6 is 0 Å². The monoisotopic (exact) mass is 406 g/mol. The van der Waals surface area contributed by atoms with E-state index in [1.165, 1.54) is 25.2 Å². The Hall–Kier alpha value is -3.67. The molecule has 1 heterocycles. The third kappa shape index (κ3) is 3.30. The number of halogens is 2. The minimum absolute atomic E-state index is 0.321. The smallest absolute Gasteiger partial charge is 0.255 e. The number of hydrogen-bond donors (Lipinski definition) is 1. The van der Waals surface area contributed by atoms with Gasteiger partial charge in [0.1, 0.15) is 23.0 Å². The van der Waals surface area contributed by atoms with Crippen LogP contribution in [0.3, 0.4) is 0 Å². The minimum atomic E-state index is -0.381. The Balaban J connectivity index is 2.06. The van der Waals surface area contributed by atoms with E-state index in [1.807, 2.05) is 19.0 Å². The van der Waals surface area contributed by atoms with Crippen LogP contribution in [0.15, 0.2) is 65.1 Å². The summed E-state index contributed by atoms with van der Waals surface area (Å²) in [4.78, 5) is 14.6. The van der Waals surface area contributed by atoms with E-state index < -0.39 is 0 Å². The van der Waals surface area contributed by atoms with Gasteiger partial charge < -0.3 is 14.6 Å². The van der Waals surface area contributed by atoms with Crippen molar-refractivity contribution in [3.63, 3.8) is 0 Å². The first-order valence-electron chi connectivity index (χ1n) is 9.41. The molecule has 6 heteroatoms. The van der Waals surface area contributed by atoms with Crippen LogP contribution in [0.4, 0.5) is 14.5 Å². The summed E-state index contributed by atoms with van der Waals surface area (Å²) < 4.78 is 34.1. The SMILES string of the molecule is CNC(=O)c1c(-c2ccc(F)cc2)oc2cc(N(C)C)c(-c3ccccc3F)cc12. The average molecular weight is 406 g/mol. The highest BCUT2D eigenvalue weighted by Crippen LogP contribution is 2.41. The van der Waals surface area contributed by atoms with Crippen molar-refractivity contribution >= 4 is 22.6 Å². The van der Waals surface area contributed by atoms with Gasteiger partial charge in [0.25, 0.3) is 5.91 Å². The highest BCUT2D eigenvalue weighted by Gasteiger charge is 2.24. The van der Waals surface area contributed by atoms with Crippen LogP contribution < -0.4 is 10.2 Å². The fourth-order valence-corrected chi connectivity index (χ4v) is 3.55. The number of rotatable bonds is 4. The molecular formula is C24H20F2N2O2. The van der Waals surface area contributed by atoms with Crippen molar-refractivity contribution in [1.82, 2.24) is 5.32 Å².